The SMILES string of the molecule is C[C@H](O)c1cc([N+](=O)[O-])ccc1OCc1ccccc1. The number of hydrogen-bond donors (Lipinski definition) is 1. The van der Waals surface area contributed by atoms with Gasteiger partial charge >= 0.3 is 0 Å². The Bertz CT molecular complexity index is 596. The van der Waals surface area contributed by atoms with Crippen molar-refractivity contribution in [2.75, 3.05) is 0 Å². The molecular formula is C15H15NO4. The molecule has 2 rings (SSSR count). The van der Waals surface area contributed by atoms with Crippen LogP contribution in [0.25, 0.3) is 0 Å². The predicted molar refractivity (Wildman–Crippen MR) is 74.5 cm³/mol. The second kappa shape index (κ2) is 6.16. The highest BCUT2D eigenvalue weighted by Gasteiger charge is 2.15. The van der Waals surface area contributed by atoms with Crippen molar-refractivity contribution in [1.82, 2.24) is 0 Å². The average molecular weight is 273 g/mol. The minimum atomic E-state index is -0.833. The highest BCUT2D eigenvalue weighted by Crippen LogP contribution is 2.29. The first-order valence-electron chi connectivity index (χ1n) is 6.21. The lowest BCUT2D eigenvalue weighted by molar-refractivity contribution is -0.385. The van der Waals surface area contributed by atoms with Crippen LogP contribution in [-0.2, 0) is 6.61 Å². The van der Waals surface area contributed by atoms with E-state index in [9.17, 15) is 15.2 Å². The Balaban J connectivity index is 2.20. The number of aliphatic hydroxyl groups excluding tert-OH is 1. The summed E-state index contributed by atoms with van der Waals surface area (Å²) in [5.41, 5.74) is 1.34. The molecule has 0 heterocycles. The molecule has 0 aliphatic rings. The monoisotopic (exact) mass is 273 g/mol. The summed E-state index contributed by atoms with van der Waals surface area (Å²) < 4.78 is 5.64. The van der Waals surface area contributed by atoms with E-state index in [0.717, 1.165) is 5.56 Å². The maximum Gasteiger partial charge on any atom is 0.270 e. The van der Waals surface area contributed by atoms with E-state index in [1.165, 1.54) is 18.2 Å². The van der Waals surface area contributed by atoms with Gasteiger partial charge in [-0.3, -0.25) is 10.1 Å². The fourth-order valence-corrected chi connectivity index (χ4v) is 1.84. The Morgan fingerprint density at radius 1 is 1.25 bits per heavy atom. The Labute approximate surface area is 116 Å². The minimum absolute atomic E-state index is 0.0621. The molecule has 0 aromatic heterocycles. The third kappa shape index (κ3) is 3.33. The Hall–Kier alpha value is -2.40. The van der Waals surface area contributed by atoms with E-state index in [1.54, 1.807) is 6.92 Å². The van der Waals surface area contributed by atoms with E-state index < -0.39 is 11.0 Å². The van der Waals surface area contributed by atoms with Gasteiger partial charge < -0.3 is 9.84 Å². The number of nitrogens with zero attached hydrogens (tertiary/aromatic N) is 1. The largest absolute Gasteiger partial charge is 0.489 e. The standard InChI is InChI=1S/C15H15NO4/c1-11(17)14-9-13(16(18)19)7-8-15(14)20-10-12-5-3-2-4-6-12/h2-9,11,17H,10H2,1H3/t11-/m0/s1. The number of benzene rings is 2. The summed E-state index contributed by atoms with van der Waals surface area (Å²) >= 11 is 0. The van der Waals surface area contributed by atoms with Gasteiger partial charge in [0.05, 0.1) is 11.0 Å². The van der Waals surface area contributed by atoms with Gasteiger partial charge in [-0.2, -0.15) is 0 Å². The number of nitro groups is 1. The van der Waals surface area contributed by atoms with Crippen LogP contribution in [0, 0.1) is 10.1 Å². The highest BCUT2D eigenvalue weighted by atomic mass is 16.6. The van der Waals surface area contributed by atoms with Gasteiger partial charge in [0.2, 0.25) is 0 Å². The number of ether oxygens (including phenoxy) is 1. The number of rotatable bonds is 5. The van der Waals surface area contributed by atoms with Crippen LogP contribution in [0.3, 0.4) is 0 Å². The molecule has 0 unspecified atom stereocenters. The maximum atomic E-state index is 10.7. The normalized spacial score (nSPS) is 11.9. The van der Waals surface area contributed by atoms with E-state index in [-0.39, 0.29) is 5.69 Å². The molecular weight excluding hydrogens is 258 g/mol. The van der Waals surface area contributed by atoms with E-state index in [4.69, 9.17) is 4.74 Å². The molecule has 0 aliphatic carbocycles. The van der Waals surface area contributed by atoms with Gasteiger partial charge in [0.1, 0.15) is 12.4 Å². The average Bonchev–Trinajstić information content (AvgIpc) is 2.45. The molecule has 20 heavy (non-hydrogen) atoms. The number of hydrogen-bond acceptors (Lipinski definition) is 4. The molecule has 0 saturated carbocycles. The summed E-state index contributed by atoms with van der Waals surface area (Å²) in [5.74, 6) is 0.453. The Morgan fingerprint density at radius 2 is 1.95 bits per heavy atom. The van der Waals surface area contributed by atoms with E-state index in [0.29, 0.717) is 17.9 Å². The van der Waals surface area contributed by atoms with Gasteiger partial charge in [0.15, 0.2) is 0 Å². The summed E-state index contributed by atoms with van der Waals surface area (Å²) in [4.78, 5) is 10.3. The Morgan fingerprint density at radius 3 is 2.55 bits per heavy atom. The van der Waals surface area contributed by atoms with Crippen molar-refractivity contribution in [2.45, 2.75) is 19.6 Å². The molecule has 0 bridgehead atoms. The number of aliphatic hydroxyl groups is 1. The van der Waals surface area contributed by atoms with Crippen LogP contribution in [-0.4, -0.2) is 10.0 Å². The van der Waals surface area contributed by atoms with Crippen molar-refractivity contribution < 1.29 is 14.8 Å². The fraction of sp³-hybridized carbons (Fsp3) is 0.200. The lowest BCUT2D eigenvalue weighted by atomic mass is 10.1. The van der Waals surface area contributed by atoms with Gasteiger partial charge in [-0.25, -0.2) is 0 Å². The summed E-state index contributed by atoms with van der Waals surface area (Å²) in [5, 5.41) is 20.5. The summed E-state index contributed by atoms with van der Waals surface area (Å²) in [6.07, 6.45) is -0.833. The molecule has 5 nitrogen and oxygen atoms in total. The molecule has 0 fully saturated rings. The maximum absolute atomic E-state index is 10.7. The summed E-state index contributed by atoms with van der Waals surface area (Å²) in [6, 6.07) is 13.8. The van der Waals surface area contributed by atoms with Gasteiger partial charge in [0.25, 0.3) is 5.69 Å². The van der Waals surface area contributed by atoms with Crippen LogP contribution in [0.1, 0.15) is 24.2 Å². The lowest BCUT2D eigenvalue weighted by Gasteiger charge is -2.13. The number of nitro benzene ring substituents is 1. The van der Waals surface area contributed by atoms with Crippen molar-refractivity contribution >= 4 is 5.69 Å². The predicted octanol–water partition coefficient (Wildman–Crippen LogP) is 3.23. The van der Waals surface area contributed by atoms with Gasteiger partial charge in [-0.1, -0.05) is 30.3 Å². The summed E-state index contributed by atoms with van der Waals surface area (Å²) in [6.45, 7) is 1.90. The first kappa shape index (κ1) is 14.0. The van der Waals surface area contributed by atoms with E-state index in [1.807, 2.05) is 30.3 Å². The van der Waals surface area contributed by atoms with Crippen molar-refractivity contribution in [1.29, 1.82) is 0 Å². The van der Waals surface area contributed by atoms with Crippen LogP contribution in [0.4, 0.5) is 5.69 Å². The molecule has 0 saturated heterocycles. The molecule has 0 amide bonds. The topological polar surface area (TPSA) is 72.6 Å². The molecule has 104 valence electrons. The molecule has 0 aliphatic heterocycles. The quantitative estimate of drug-likeness (QED) is 0.670. The molecule has 0 radical (unpaired) electrons. The Kier molecular flexibility index (Phi) is 4.32. The van der Waals surface area contributed by atoms with Crippen molar-refractivity contribution in [3.63, 3.8) is 0 Å². The summed E-state index contributed by atoms with van der Waals surface area (Å²) in [7, 11) is 0. The van der Waals surface area contributed by atoms with Crippen LogP contribution in [0.2, 0.25) is 0 Å². The zero-order valence-electron chi connectivity index (χ0n) is 11.0. The number of non-ortho nitro benzene ring substituents is 1. The third-order valence-corrected chi connectivity index (χ3v) is 2.89. The van der Waals surface area contributed by atoms with Crippen LogP contribution >= 0.6 is 0 Å². The van der Waals surface area contributed by atoms with Crippen LogP contribution in [0.5, 0.6) is 5.75 Å². The fourth-order valence-electron chi connectivity index (χ4n) is 1.84. The third-order valence-electron chi connectivity index (χ3n) is 2.89. The zero-order valence-corrected chi connectivity index (χ0v) is 11.0. The molecule has 1 atom stereocenters. The van der Waals surface area contributed by atoms with Crippen LogP contribution in [0.15, 0.2) is 48.5 Å². The van der Waals surface area contributed by atoms with Crippen molar-refractivity contribution in [2.24, 2.45) is 0 Å². The molecule has 0 spiro atoms. The smallest absolute Gasteiger partial charge is 0.270 e. The molecule has 5 heteroatoms. The second-order valence-corrected chi connectivity index (χ2v) is 4.43. The zero-order chi connectivity index (χ0) is 14.5. The van der Waals surface area contributed by atoms with Gasteiger partial charge in [0, 0.05) is 17.7 Å². The second-order valence-electron chi connectivity index (χ2n) is 4.43. The first-order chi connectivity index (χ1) is 9.58. The first-order valence-corrected chi connectivity index (χ1v) is 6.21. The van der Waals surface area contributed by atoms with E-state index in [2.05, 4.69) is 0 Å². The van der Waals surface area contributed by atoms with Crippen molar-refractivity contribution in [3.8, 4) is 5.75 Å². The van der Waals surface area contributed by atoms with Gasteiger partial charge in [-0.05, 0) is 18.6 Å². The van der Waals surface area contributed by atoms with Crippen LogP contribution < -0.4 is 4.74 Å². The molecule has 2 aromatic carbocycles. The van der Waals surface area contributed by atoms with Crippen molar-refractivity contribution in [3.05, 3.63) is 69.8 Å². The van der Waals surface area contributed by atoms with Gasteiger partial charge in [-0.15, -0.1) is 0 Å². The lowest BCUT2D eigenvalue weighted by Crippen LogP contribution is -2.02. The molecule has 1 N–H and O–H groups in total. The molecule has 2 aromatic rings. The minimum Gasteiger partial charge on any atom is -0.489 e. The van der Waals surface area contributed by atoms with E-state index >= 15 is 0 Å². The highest BCUT2D eigenvalue weighted by molar-refractivity contribution is 5.44.